The first kappa shape index (κ1) is 21.5. The third-order valence-corrected chi connectivity index (χ3v) is 6.17. The number of halogens is 3. The molecule has 166 valence electrons. The van der Waals surface area contributed by atoms with Crippen molar-refractivity contribution in [2.45, 2.75) is 44.3 Å². The monoisotopic (exact) mass is 433 g/mol. The largest absolute Gasteiger partial charge is 0.416 e. The second-order valence-corrected chi connectivity index (χ2v) is 8.32. The number of carbonyl (C=O) groups excluding carboxylic acids is 1. The van der Waals surface area contributed by atoms with Gasteiger partial charge >= 0.3 is 6.18 Å². The molecular formula is C22H26F3N5O. The summed E-state index contributed by atoms with van der Waals surface area (Å²) in [5.74, 6) is 1.14. The van der Waals surface area contributed by atoms with Crippen LogP contribution in [0, 0.1) is 0 Å². The fourth-order valence-electron chi connectivity index (χ4n) is 4.46. The Morgan fingerprint density at radius 2 is 1.97 bits per heavy atom. The normalized spacial score (nSPS) is 20.0. The van der Waals surface area contributed by atoms with Gasteiger partial charge in [0.15, 0.2) is 0 Å². The van der Waals surface area contributed by atoms with E-state index < -0.39 is 17.8 Å². The summed E-state index contributed by atoms with van der Waals surface area (Å²) in [6.07, 6.45) is -0.702. The lowest BCUT2D eigenvalue weighted by molar-refractivity contribution is -0.137. The minimum atomic E-state index is -4.42. The molecule has 2 aliphatic rings. The number of fused-ring (bicyclic) bond motifs is 1. The number of piperazine rings is 1. The summed E-state index contributed by atoms with van der Waals surface area (Å²) < 4.78 is 38.8. The van der Waals surface area contributed by atoms with Crippen LogP contribution >= 0.6 is 0 Å². The third kappa shape index (κ3) is 4.51. The van der Waals surface area contributed by atoms with Crippen LogP contribution in [0.25, 0.3) is 0 Å². The number of anilines is 1. The Bertz CT molecular complexity index is 956. The van der Waals surface area contributed by atoms with Gasteiger partial charge in [0.2, 0.25) is 5.91 Å². The topological polar surface area (TPSA) is 75.4 Å². The molecule has 4 rings (SSSR count). The van der Waals surface area contributed by atoms with Crippen LogP contribution in [0.4, 0.5) is 19.0 Å². The van der Waals surface area contributed by atoms with Crippen molar-refractivity contribution in [3.8, 4) is 0 Å². The number of nitrogens with two attached hydrogens (primary N) is 1. The van der Waals surface area contributed by atoms with Crippen molar-refractivity contribution in [2.24, 2.45) is 5.73 Å². The molecule has 2 N–H and O–H groups in total. The summed E-state index contributed by atoms with van der Waals surface area (Å²) >= 11 is 0. The molecule has 1 amide bonds. The number of alkyl halides is 3. The van der Waals surface area contributed by atoms with E-state index in [4.69, 9.17) is 5.73 Å². The van der Waals surface area contributed by atoms with Crippen LogP contribution in [-0.4, -0.2) is 53.0 Å². The zero-order chi connectivity index (χ0) is 22.2. The predicted octanol–water partition coefficient (Wildman–Crippen LogP) is 2.76. The Morgan fingerprint density at radius 1 is 1.23 bits per heavy atom. The van der Waals surface area contributed by atoms with E-state index in [2.05, 4.69) is 21.8 Å². The van der Waals surface area contributed by atoms with E-state index in [1.54, 1.807) is 17.3 Å². The molecule has 1 aliphatic carbocycles. The maximum atomic E-state index is 12.9. The van der Waals surface area contributed by atoms with Crippen LogP contribution in [0.15, 0.2) is 30.6 Å². The Hall–Kier alpha value is -2.68. The molecular weight excluding hydrogens is 407 g/mol. The number of rotatable bonds is 4. The molecule has 0 unspecified atom stereocenters. The first-order valence-electron chi connectivity index (χ1n) is 10.5. The van der Waals surface area contributed by atoms with Gasteiger partial charge in [0, 0.05) is 37.4 Å². The molecule has 9 heteroatoms. The van der Waals surface area contributed by atoms with Crippen molar-refractivity contribution >= 4 is 11.7 Å². The highest BCUT2D eigenvalue weighted by molar-refractivity contribution is 5.82. The Labute approximate surface area is 179 Å². The van der Waals surface area contributed by atoms with E-state index in [9.17, 15) is 18.0 Å². The maximum Gasteiger partial charge on any atom is 0.416 e. The minimum Gasteiger partial charge on any atom is -0.353 e. The number of hydrogen-bond acceptors (Lipinski definition) is 5. The van der Waals surface area contributed by atoms with E-state index in [0.717, 1.165) is 36.5 Å². The average molecular weight is 433 g/mol. The molecule has 0 radical (unpaired) electrons. The number of hydrogen-bond donors (Lipinski definition) is 1. The smallest absolute Gasteiger partial charge is 0.353 e. The predicted molar refractivity (Wildman–Crippen MR) is 111 cm³/mol. The van der Waals surface area contributed by atoms with Crippen LogP contribution in [0.3, 0.4) is 0 Å². The van der Waals surface area contributed by atoms with Gasteiger partial charge in [-0.05, 0) is 36.8 Å². The number of nitrogens with zero attached hydrogens (tertiary/aromatic N) is 4. The number of amides is 1. The van der Waals surface area contributed by atoms with Crippen LogP contribution < -0.4 is 10.6 Å². The Kier molecular flexibility index (Phi) is 5.88. The van der Waals surface area contributed by atoms with Crippen LogP contribution in [0.1, 0.15) is 41.6 Å². The summed E-state index contributed by atoms with van der Waals surface area (Å²) in [5, 5.41) is 0. The molecule has 2 heterocycles. The summed E-state index contributed by atoms with van der Waals surface area (Å²) in [6, 6.07) is 4.10. The van der Waals surface area contributed by atoms with Gasteiger partial charge in [-0.2, -0.15) is 13.2 Å². The number of aromatic nitrogens is 2. The first-order valence-corrected chi connectivity index (χ1v) is 10.5. The molecule has 1 fully saturated rings. The van der Waals surface area contributed by atoms with Crippen molar-refractivity contribution in [3.05, 3.63) is 53.0 Å². The molecule has 1 aromatic carbocycles. The van der Waals surface area contributed by atoms with Crippen molar-refractivity contribution in [1.29, 1.82) is 0 Å². The minimum absolute atomic E-state index is 0.0693. The molecule has 1 aromatic heterocycles. The molecule has 2 aromatic rings. The highest BCUT2D eigenvalue weighted by Gasteiger charge is 2.32. The van der Waals surface area contributed by atoms with E-state index in [0.29, 0.717) is 37.7 Å². The molecule has 2 atom stereocenters. The summed E-state index contributed by atoms with van der Waals surface area (Å²) in [6.45, 7) is 4.46. The molecule has 31 heavy (non-hydrogen) atoms. The van der Waals surface area contributed by atoms with E-state index >= 15 is 0 Å². The number of benzene rings is 1. The lowest BCUT2D eigenvalue weighted by atomic mass is 10.0. The second kappa shape index (κ2) is 8.45. The van der Waals surface area contributed by atoms with E-state index in [1.165, 1.54) is 11.6 Å². The standard InChI is InChI=1S/C22H26F3N5O/c1-14-5-6-18-19(14)20(28-13-27-18)29-7-9-30(10-8-29)21(31)17(26)12-15-3-2-4-16(11-15)22(23,24)25/h2-4,11,13-14,17H,5-10,12,26H2,1H3/t14-,17-/m1/s1. The SMILES string of the molecule is C[C@@H]1CCc2ncnc(N3CCN(C(=O)[C@H](N)Cc4cccc(C(F)(F)F)c4)CC3)c21. The Morgan fingerprint density at radius 3 is 2.68 bits per heavy atom. The molecule has 0 spiro atoms. The first-order chi connectivity index (χ1) is 14.7. The van der Waals surface area contributed by atoms with Crippen molar-refractivity contribution in [3.63, 3.8) is 0 Å². The highest BCUT2D eigenvalue weighted by atomic mass is 19.4. The van der Waals surface area contributed by atoms with Crippen LogP contribution in [-0.2, 0) is 23.8 Å². The molecule has 1 aliphatic heterocycles. The molecule has 1 saturated heterocycles. The Balaban J connectivity index is 1.37. The van der Waals surface area contributed by atoms with Crippen molar-refractivity contribution < 1.29 is 18.0 Å². The van der Waals surface area contributed by atoms with Crippen molar-refractivity contribution in [2.75, 3.05) is 31.1 Å². The van der Waals surface area contributed by atoms with E-state index in [-0.39, 0.29) is 12.3 Å². The van der Waals surface area contributed by atoms with Crippen LogP contribution in [0.5, 0.6) is 0 Å². The quantitative estimate of drug-likeness (QED) is 0.803. The number of carbonyl (C=O) groups is 1. The zero-order valence-corrected chi connectivity index (χ0v) is 17.4. The fraction of sp³-hybridized carbons (Fsp3) is 0.500. The van der Waals surface area contributed by atoms with E-state index in [1.807, 2.05) is 0 Å². The molecule has 6 nitrogen and oxygen atoms in total. The van der Waals surface area contributed by atoms with Crippen molar-refractivity contribution in [1.82, 2.24) is 14.9 Å². The zero-order valence-electron chi connectivity index (χ0n) is 17.4. The molecule has 0 saturated carbocycles. The third-order valence-electron chi connectivity index (χ3n) is 6.17. The van der Waals surface area contributed by atoms with Gasteiger partial charge in [-0.3, -0.25) is 4.79 Å². The maximum absolute atomic E-state index is 12.9. The van der Waals surface area contributed by atoms with Gasteiger partial charge < -0.3 is 15.5 Å². The van der Waals surface area contributed by atoms with Gasteiger partial charge in [0.25, 0.3) is 0 Å². The van der Waals surface area contributed by atoms with Gasteiger partial charge in [0.1, 0.15) is 12.1 Å². The fourth-order valence-corrected chi connectivity index (χ4v) is 4.46. The van der Waals surface area contributed by atoms with Crippen LogP contribution in [0.2, 0.25) is 0 Å². The summed E-state index contributed by atoms with van der Waals surface area (Å²) in [7, 11) is 0. The van der Waals surface area contributed by atoms with Gasteiger partial charge in [-0.25, -0.2) is 9.97 Å². The summed E-state index contributed by atoms with van der Waals surface area (Å²) in [4.78, 5) is 25.6. The van der Waals surface area contributed by atoms with Gasteiger partial charge in [-0.1, -0.05) is 25.1 Å². The highest BCUT2D eigenvalue weighted by Crippen LogP contribution is 2.37. The number of aryl methyl sites for hydroxylation is 1. The lowest BCUT2D eigenvalue weighted by Crippen LogP contribution is -2.54. The average Bonchev–Trinajstić information content (AvgIpc) is 3.14. The summed E-state index contributed by atoms with van der Waals surface area (Å²) in [5.41, 5.74) is 8.06. The van der Waals surface area contributed by atoms with Gasteiger partial charge in [0.05, 0.1) is 11.6 Å². The second-order valence-electron chi connectivity index (χ2n) is 8.32. The molecule has 0 bridgehead atoms. The van der Waals surface area contributed by atoms with Gasteiger partial charge in [-0.15, -0.1) is 0 Å². The lowest BCUT2D eigenvalue weighted by Gasteiger charge is -2.37.